The van der Waals surface area contributed by atoms with Gasteiger partial charge in [-0.1, -0.05) is 0 Å². The summed E-state index contributed by atoms with van der Waals surface area (Å²) in [6.07, 6.45) is -0.282. The fourth-order valence-electron chi connectivity index (χ4n) is 2.07. The predicted octanol–water partition coefficient (Wildman–Crippen LogP) is 3.41. The van der Waals surface area contributed by atoms with E-state index in [1.807, 2.05) is 32.9 Å². The molecule has 0 aliphatic carbocycles. The third kappa shape index (κ3) is 4.50. The molecule has 0 saturated carbocycles. The molecule has 0 bridgehead atoms. The first kappa shape index (κ1) is 16.9. The van der Waals surface area contributed by atoms with Gasteiger partial charge in [0.05, 0.1) is 12.2 Å². The summed E-state index contributed by atoms with van der Waals surface area (Å²) in [5.41, 5.74) is 0.0666. The molecule has 1 heterocycles. The lowest BCUT2D eigenvalue weighted by Crippen LogP contribution is -2.53. The number of nitrogens with zero attached hydrogens (tertiary/aromatic N) is 2. The van der Waals surface area contributed by atoms with Crippen LogP contribution in [0.5, 0.6) is 5.75 Å². The van der Waals surface area contributed by atoms with Crippen LogP contribution < -0.4 is 4.74 Å². The third-order valence-electron chi connectivity index (χ3n) is 3.15. The van der Waals surface area contributed by atoms with E-state index in [9.17, 15) is 4.79 Å². The minimum Gasteiger partial charge on any atom is -0.492 e. The molecule has 1 amide bonds. The van der Waals surface area contributed by atoms with Crippen molar-refractivity contribution in [2.75, 3.05) is 19.7 Å². The third-order valence-corrected chi connectivity index (χ3v) is 3.82. The van der Waals surface area contributed by atoms with Crippen molar-refractivity contribution in [2.45, 2.75) is 26.4 Å². The number of ether oxygens (including phenoxy) is 2. The maximum atomic E-state index is 11.8. The van der Waals surface area contributed by atoms with Crippen LogP contribution in [0.15, 0.2) is 18.2 Å². The minimum atomic E-state index is -0.471. The largest absolute Gasteiger partial charge is 0.492 e. The Bertz CT molecular complexity index is 598. The van der Waals surface area contributed by atoms with Crippen LogP contribution in [0, 0.1) is 20.8 Å². The van der Waals surface area contributed by atoms with E-state index in [1.165, 1.54) is 0 Å². The Hall–Kier alpha value is -1.49. The monoisotopic (exact) mass is 414 g/mol. The quantitative estimate of drug-likeness (QED) is 0.712. The van der Waals surface area contributed by atoms with E-state index in [0.29, 0.717) is 31.0 Å². The van der Waals surface area contributed by atoms with Gasteiger partial charge >= 0.3 is 6.09 Å². The number of carbonyl (C=O) groups is 1. The van der Waals surface area contributed by atoms with E-state index in [0.717, 1.165) is 3.57 Å². The summed E-state index contributed by atoms with van der Waals surface area (Å²) in [7, 11) is 0. The standard InChI is InChI=1S/C16H19IN2O3/c1-16(2,3)22-15(20)19-8-11(9-19)10-21-14-5-4-13(17)6-12(14)7-18/h4-6,11H,8-10H2,1-3H3. The Kier molecular flexibility index (Phi) is 5.16. The van der Waals surface area contributed by atoms with Gasteiger partial charge in [0.15, 0.2) is 0 Å². The number of nitriles is 1. The maximum absolute atomic E-state index is 11.8. The number of hydrogen-bond acceptors (Lipinski definition) is 4. The molecule has 1 aliphatic rings. The zero-order valence-corrected chi connectivity index (χ0v) is 15.1. The van der Waals surface area contributed by atoms with E-state index in [4.69, 9.17) is 14.7 Å². The smallest absolute Gasteiger partial charge is 0.410 e. The Morgan fingerprint density at radius 3 is 2.73 bits per heavy atom. The average Bonchev–Trinajstić information content (AvgIpc) is 2.36. The molecular weight excluding hydrogens is 395 g/mol. The molecule has 0 aromatic heterocycles. The maximum Gasteiger partial charge on any atom is 0.410 e. The van der Waals surface area contributed by atoms with Gasteiger partial charge in [-0.15, -0.1) is 0 Å². The second kappa shape index (κ2) is 6.73. The topological polar surface area (TPSA) is 62.6 Å². The molecule has 1 aliphatic heterocycles. The first-order valence-electron chi connectivity index (χ1n) is 7.09. The lowest BCUT2D eigenvalue weighted by molar-refractivity contribution is -0.00783. The van der Waals surface area contributed by atoms with Crippen molar-refractivity contribution in [3.05, 3.63) is 27.3 Å². The van der Waals surface area contributed by atoms with Crippen LogP contribution in [0.4, 0.5) is 4.79 Å². The first-order valence-corrected chi connectivity index (χ1v) is 8.17. The Labute approximate surface area is 144 Å². The van der Waals surface area contributed by atoms with E-state index in [1.54, 1.807) is 11.0 Å². The van der Waals surface area contributed by atoms with Crippen LogP contribution in [0.3, 0.4) is 0 Å². The van der Waals surface area contributed by atoms with Gasteiger partial charge in [-0.05, 0) is 61.6 Å². The van der Waals surface area contributed by atoms with Crippen LogP contribution in [-0.2, 0) is 4.74 Å². The second-order valence-corrected chi connectivity index (χ2v) is 7.56. The molecule has 5 nitrogen and oxygen atoms in total. The first-order chi connectivity index (χ1) is 10.3. The van der Waals surface area contributed by atoms with Crippen molar-refractivity contribution in [1.82, 2.24) is 4.90 Å². The van der Waals surface area contributed by atoms with Crippen LogP contribution >= 0.6 is 22.6 Å². The van der Waals surface area contributed by atoms with E-state index in [-0.39, 0.29) is 12.0 Å². The van der Waals surface area contributed by atoms with Gasteiger partial charge in [0.1, 0.15) is 17.4 Å². The normalized spacial score (nSPS) is 15.0. The molecule has 1 aromatic carbocycles. The summed E-state index contributed by atoms with van der Waals surface area (Å²) in [4.78, 5) is 13.5. The molecule has 22 heavy (non-hydrogen) atoms. The van der Waals surface area contributed by atoms with E-state index < -0.39 is 5.60 Å². The van der Waals surface area contributed by atoms with Gasteiger partial charge < -0.3 is 14.4 Å². The summed E-state index contributed by atoms with van der Waals surface area (Å²) in [5.74, 6) is 0.872. The Morgan fingerprint density at radius 1 is 1.45 bits per heavy atom. The van der Waals surface area contributed by atoms with Gasteiger partial charge in [-0.3, -0.25) is 0 Å². The Balaban J connectivity index is 1.80. The van der Waals surface area contributed by atoms with Gasteiger partial charge in [0, 0.05) is 22.6 Å². The minimum absolute atomic E-state index is 0.276. The second-order valence-electron chi connectivity index (χ2n) is 6.31. The van der Waals surface area contributed by atoms with E-state index >= 15 is 0 Å². The summed E-state index contributed by atoms with van der Waals surface area (Å²) in [5, 5.41) is 9.10. The number of carbonyl (C=O) groups excluding carboxylic acids is 1. The fraction of sp³-hybridized carbons (Fsp3) is 0.500. The lowest BCUT2D eigenvalue weighted by Gasteiger charge is -2.39. The molecule has 6 heteroatoms. The number of rotatable bonds is 3. The molecule has 1 saturated heterocycles. The molecule has 0 spiro atoms. The summed E-state index contributed by atoms with van der Waals surface area (Å²) < 4.78 is 12.0. The average molecular weight is 414 g/mol. The highest BCUT2D eigenvalue weighted by Gasteiger charge is 2.34. The van der Waals surface area contributed by atoms with Crippen molar-refractivity contribution >= 4 is 28.7 Å². The molecule has 0 radical (unpaired) electrons. The van der Waals surface area contributed by atoms with Gasteiger partial charge in [-0.2, -0.15) is 5.26 Å². The fourth-order valence-corrected chi connectivity index (χ4v) is 2.57. The zero-order valence-electron chi connectivity index (χ0n) is 12.9. The number of halogens is 1. The highest BCUT2D eigenvalue weighted by atomic mass is 127. The predicted molar refractivity (Wildman–Crippen MR) is 90.7 cm³/mol. The SMILES string of the molecule is CC(C)(C)OC(=O)N1CC(COc2ccc(I)cc2C#N)C1. The summed E-state index contributed by atoms with van der Waals surface area (Å²) in [6.45, 7) is 7.30. The Morgan fingerprint density at radius 2 is 2.14 bits per heavy atom. The van der Waals surface area contributed by atoms with Gasteiger partial charge in [0.2, 0.25) is 0 Å². The van der Waals surface area contributed by atoms with E-state index in [2.05, 4.69) is 28.7 Å². The van der Waals surface area contributed by atoms with Crippen LogP contribution in [0.25, 0.3) is 0 Å². The molecule has 0 atom stereocenters. The number of amides is 1. The van der Waals surface area contributed by atoms with Gasteiger partial charge in [0.25, 0.3) is 0 Å². The number of benzene rings is 1. The number of likely N-dealkylation sites (tertiary alicyclic amines) is 1. The van der Waals surface area contributed by atoms with Gasteiger partial charge in [-0.25, -0.2) is 4.79 Å². The summed E-state index contributed by atoms with van der Waals surface area (Å²) in [6, 6.07) is 7.65. The van der Waals surface area contributed by atoms with Crippen molar-refractivity contribution in [3.8, 4) is 11.8 Å². The molecule has 0 unspecified atom stereocenters. The zero-order chi connectivity index (χ0) is 16.3. The van der Waals surface area contributed by atoms with Crippen LogP contribution in [0.2, 0.25) is 0 Å². The highest BCUT2D eigenvalue weighted by Crippen LogP contribution is 2.24. The van der Waals surface area contributed by atoms with Crippen molar-refractivity contribution in [1.29, 1.82) is 5.26 Å². The summed E-state index contributed by atoms with van der Waals surface area (Å²) >= 11 is 2.16. The molecule has 2 rings (SSSR count). The molecule has 1 aromatic rings. The van der Waals surface area contributed by atoms with Crippen LogP contribution in [0.1, 0.15) is 26.3 Å². The highest BCUT2D eigenvalue weighted by molar-refractivity contribution is 14.1. The number of hydrogen-bond donors (Lipinski definition) is 0. The molecule has 0 N–H and O–H groups in total. The lowest BCUT2D eigenvalue weighted by atomic mass is 10.0. The molecular formula is C16H19IN2O3. The van der Waals surface area contributed by atoms with Crippen molar-refractivity contribution in [2.24, 2.45) is 5.92 Å². The van der Waals surface area contributed by atoms with Crippen LogP contribution in [-0.4, -0.2) is 36.3 Å². The molecule has 1 fully saturated rings. The van der Waals surface area contributed by atoms with Crippen molar-refractivity contribution < 1.29 is 14.3 Å². The molecule has 118 valence electrons. The van der Waals surface area contributed by atoms with Crippen molar-refractivity contribution in [3.63, 3.8) is 0 Å².